The second-order valence-electron chi connectivity index (χ2n) is 5.71. The van der Waals surface area contributed by atoms with E-state index in [1.807, 2.05) is 24.3 Å². The summed E-state index contributed by atoms with van der Waals surface area (Å²) in [4.78, 5) is 20.4. The summed E-state index contributed by atoms with van der Waals surface area (Å²) in [7, 11) is 0. The average molecular weight is 336 g/mol. The second-order valence-corrected chi connectivity index (χ2v) is 5.71. The lowest BCUT2D eigenvalue weighted by molar-refractivity contribution is 0.0728. The third-order valence-electron chi connectivity index (χ3n) is 3.80. The first-order valence-corrected chi connectivity index (χ1v) is 8.39. The molecular weight excluding hydrogens is 316 g/mol. The second kappa shape index (κ2) is 8.19. The van der Waals surface area contributed by atoms with Gasteiger partial charge in [-0.25, -0.2) is 19.4 Å². The number of pyridine rings is 1. The van der Waals surface area contributed by atoms with E-state index in [9.17, 15) is 4.79 Å². The molecule has 0 saturated heterocycles. The fourth-order valence-electron chi connectivity index (χ4n) is 2.45. The van der Waals surface area contributed by atoms with Crippen LogP contribution in [0.4, 0.5) is 0 Å². The van der Waals surface area contributed by atoms with Crippen LogP contribution in [-0.2, 0) is 6.42 Å². The molecule has 0 spiro atoms. The zero-order chi connectivity index (χ0) is 17.5. The van der Waals surface area contributed by atoms with Crippen LogP contribution >= 0.6 is 0 Å². The van der Waals surface area contributed by atoms with E-state index in [0.29, 0.717) is 11.6 Å². The smallest absolute Gasteiger partial charge is 0.362 e. The van der Waals surface area contributed by atoms with Crippen molar-refractivity contribution in [3.05, 3.63) is 66.4 Å². The van der Waals surface area contributed by atoms with Crippen LogP contribution in [0.15, 0.2) is 55.1 Å². The molecule has 0 unspecified atom stereocenters. The van der Waals surface area contributed by atoms with Crippen LogP contribution < -0.4 is 4.74 Å². The number of carbonyl (C=O) groups is 1. The molecule has 0 aliphatic rings. The Labute approximate surface area is 146 Å². The molecule has 0 bridgehead atoms. The average Bonchev–Trinajstić information content (AvgIpc) is 3.18. The number of benzene rings is 1. The Bertz CT molecular complexity index is 814. The first kappa shape index (κ1) is 16.8. The summed E-state index contributed by atoms with van der Waals surface area (Å²) in [5, 5.41) is 4.00. The number of ether oxygens (including phenoxy) is 1. The Morgan fingerprint density at radius 3 is 2.68 bits per heavy atom. The molecule has 6 nitrogen and oxygen atoms in total. The molecule has 0 radical (unpaired) electrons. The van der Waals surface area contributed by atoms with Gasteiger partial charge in [0.05, 0.1) is 0 Å². The van der Waals surface area contributed by atoms with Crippen molar-refractivity contribution in [2.24, 2.45) is 0 Å². The summed E-state index contributed by atoms with van der Waals surface area (Å²) < 4.78 is 6.89. The summed E-state index contributed by atoms with van der Waals surface area (Å²) in [6.45, 7) is 2.19. The van der Waals surface area contributed by atoms with Crippen molar-refractivity contribution < 1.29 is 9.53 Å². The topological polar surface area (TPSA) is 69.9 Å². The number of unbranched alkanes of at least 4 members (excludes halogenated alkanes) is 2. The lowest BCUT2D eigenvalue weighted by Gasteiger charge is -2.06. The largest absolute Gasteiger partial charge is 0.422 e. The van der Waals surface area contributed by atoms with Gasteiger partial charge in [0.2, 0.25) is 0 Å². The van der Waals surface area contributed by atoms with Crippen molar-refractivity contribution in [3.8, 4) is 11.6 Å². The molecule has 0 amide bonds. The molecule has 3 rings (SSSR count). The molecule has 0 saturated carbocycles. The van der Waals surface area contributed by atoms with Gasteiger partial charge < -0.3 is 4.74 Å². The van der Waals surface area contributed by atoms with Crippen molar-refractivity contribution in [1.82, 2.24) is 19.7 Å². The Morgan fingerprint density at radius 1 is 1.12 bits per heavy atom. The van der Waals surface area contributed by atoms with Gasteiger partial charge in [-0.1, -0.05) is 38.0 Å². The van der Waals surface area contributed by atoms with Crippen LogP contribution in [0.2, 0.25) is 0 Å². The van der Waals surface area contributed by atoms with Gasteiger partial charge in [-0.15, -0.1) is 0 Å². The van der Waals surface area contributed by atoms with Crippen LogP contribution in [-0.4, -0.2) is 25.7 Å². The quantitative estimate of drug-likeness (QED) is 0.374. The molecule has 0 fully saturated rings. The monoisotopic (exact) mass is 336 g/mol. The van der Waals surface area contributed by atoms with Gasteiger partial charge in [0.25, 0.3) is 0 Å². The molecule has 2 heterocycles. The van der Waals surface area contributed by atoms with Crippen molar-refractivity contribution in [2.75, 3.05) is 0 Å². The van der Waals surface area contributed by atoms with E-state index >= 15 is 0 Å². The third-order valence-corrected chi connectivity index (χ3v) is 3.80. The summed E-state index contributed by atoms with van der Waals surface area (Å²) >= 11 is 0. The molecule has 0 aliphatic carbocycles. The van der Waals surface area contributed by atoms with Gasteiger partial charge in [0.1, 0.15) is 18.4 Å². The Kier molecular flexibility index (Phi) is 5.51. The summed E-state index contributed by atoms with van der Waals surface area (Å²) in [6, 6.07) is 12.7. The number of esters is 1. The van der Waals surface area contributed by atoms with Gasteiger partial charge in [0.15, 0.2) is 11.5 Å². The number of aromatic nitrogens is 4. The molecule has 0 atom stereocenters. The van der Waals surface area contributed by atoms with Crippen molar-refractivity contribution >= 4 is 5.97 Å². The lowest BCUT2D eigenvalue weighted by atomic mass is 10.1. The van der Waals surface area contributed by atoms with Crippen LogP contribution in [0.25, 0.3) is 5.82 Å². The molecule has 25 heavy (non-hydrogen) atoms. The highest BCUT2D eigenvalue weighted by atomic mass is 16.5. The summed E-state index contributed by atoms with van der Waals surface area (Å²) in [5.74, 6) is 0.524. The number of nitrogens with zero attached hydrogens (tertiary/aromatic N) is 4. The van der Waals surface area contributed by atoms with Crippen LogP contribution in [0, 0.1) is 0 Å². The summed E-state index contributed by atoms with van der Waals surface area (Å²) in [6.07, 6.45) is 7.59. The Morgan fingerprint density at radius 2 is 1.96 bits per heavy atom. The molecule has 0 N–H and O–H groups in total. The zero-order valence-corrected chi connectivity index (χ0v) is 14.1. The summed E-state index contributed by atoms with van der Waals surface area (Å²) in [5.41, 5.74) is 1.47. The maximum Gasteiger partial charge on any atom is 0.362 e. The highest BCUT2D eigenvalue weighted by Gasteiger charge is 2.12. The minimum absolute atomic E-state index is 0.222. The number of aryl methyl sites for hydroxylation is 1. The van der Waals surface area contributed by atoms with Gasteiger partial charge >= 0.3 is 5.97 Å². The number of hydrogen-bond acceptors (Lipinski definition) is 5. The number of hydrogen-bond donors (Lipinski definition) is 0. The Balaban J connectivity index is 1.65. The van der Waals surface area contributed by atoms with Gasteiger partial charge in [0, 0.05) is 0 Å². The van der Waals surface area contributed by atoms with Crippen molar-refractivity contribution in [2.45, 2.75) is 32.6 Å². The normalized spacial score (nSPS) is 10.6. The predicted molar refractivity (Wildman–Crippen MR) is 93.8 cm³/mol. The third kappa shape index (κ3) is 4.50. The zero-order valence-electron chi connectivity index (χ0n) is 14.1. The molecule has 0 aliphatic heterocycles. The first-order chi connectivity index (χ1) is 12.3. The molecule has 2 aromatic heterocycles. The number of rotatable bonds is 7. The van der Waals surface area contributed by atoms with E-state index in [1.54, 1.807) is 18.2 Å². The van der Waals surface area contributed by atoms with E-state index in [2.05, 4.69) is 22.0 Å². The SMILES string of the molecule is CCCCCc1ccc(OC(=O)c2cccc(-n3cncn3)n2)cc1. The number of carbonyl (C=O) groups excluding carboxylic acids is 1. The van der Waals surface area contributed by atoms with Crippen LogP contribution in [0.5, 0.6) is 5.75 Å². The maximum atomic E-state index is 12.3. The standard InChI is InChI=1S/C19H20N4O2/c1-2-3-4-6-15-9-11-16(12-10-15)25-19(24)17-7-5-8-18(22-17)23-14-20-13-21-23/h5,7-14H,2-4,6H2,1H3. The van der Waals surface area contributed by atoms with E-state index in [4.69, 9.17) is 4.74 Å². The molecular formula is C19H20N4O2. The van der Waals surface area contributed by atoms with E-state index in [0.717, 1.165) is 6.42 Å². The minimum atomic E-state index is -0.499. The fraction of sp³-hybridized carbons (Fsp3) is 0.263. The van der Waals surface area contributed by atoms with Gasteiger partial charge in [-0.3, -0.25) is 0 Å². The van der Waals surface area contributed by atoms with Crippen LogP contribution in [0.1, 0.15) is 42.2 Å². The minimum Gasteiger partial charge on any atom is -0.422 e. The van der Waals surface area contributed by atoms with Gasteiger partial charge in [-0.05, 0) is 42.7 Å². The highest BCUT2D eigenvalue weighted by Crippen LogP contribution is 2.16. The fourth-order valence-corrected chi connectivity index (χ4v) is 2.45. The lowest BCUT2D eigenvalue weighted by Crippen LogP contribution is -2.12. The van der Waals surface area contributed by atoms with E-state index in [1.165, 1.54) is 42.2 Å². The molecule has 6 heteroatoms. The predicted octanol–water partition coefficient (Wildman–Crippen LogP) is 3.61. The molecule has 1 aromatic carbocycles. The maximum absolute atomic E-state index is 12.3. The molecule has 128 valence electrons. The van der Waals surface area contributed by atoms with Gasteiger partial charge in [-0.2, -0.15) is 5.10 Å². The molecule has 3 aromatic rings. The highest BCUT2D eigenvalue weighted by molar-refractivity contribution is 5.89. The van der Waals surface area contributed by atoms with Crippen LogP contribution in [0.3, 0.4) is 0 Å². The van der Waals surface area contributed by atoms with Crippen molar-refractivity contribution in [1.29, 1.82) is 0 Å². The Hall–Kier alpha value is -3.02. The van der Waals surface area contributed by atoms with E-state index in [-0.39, 0.29) is 5.69 Å². The first-order valence-electron chi connectivity index (χ1n) is 8.39. The van der Waals surface area contributed by atoms with E-state index < -0.39 is 5.97 Å². The van der Waals surface area contributed by atoms with Crippen molar-refractivity contribution in [3.63, 3.8) is 0 Å².